The molecule has 2 aromatic rings. The van der Waals surface area contributed by atoms with Gasteiger partial charge >= 0.3 is 0 Å². The molecule has 4 atom stereocenters. The van der Waals surface area contributed by atoms with E-state index in [2.05, 4.69) is 11.8 Å². The number of primary amides is 1. The molecule has 5 rings (SSSR count). The summed E-state index contributed by atoms with van der Waals surface area (Å²) >= 11 is 0. The Kier molecular flexibility index (Phi) is 7.24. The Labute approximate surface area is 248 Å². The van der Waals surface area contributed by atoms with Gasteiger partial charge in [0.25, 0.3) is 5.91 Å². The molecule has 3 aliphatic rings. The summed E-state index contributed by atoms with van der Waals surface area (Å²) in [5.74, 6) is -0.480. The third-order valence-electron chi connectivity index (χ3n) is 8.59. The van der Waals surface area contributed by atoms with E-state index in [1.165, 1.54) is 12.0 Å². The molecule has 3 aliphatic carbocycles. The number of carbonyl (C=O) groups is 3. The summed E-state index contributed by atoms with van der Waals surface area (Å²) in [5.41, 5.74) is 3.61. The molecule has 0 saturated heterocycles. The molecule has 0 aliphatic heterocycles. The first-order valence-corrected chi connectivity index (χ1v) is 13.6. The van der Waals surface area contributed by atoms with E-state index in [1.807, 2.05) is 0 Å². The van der Waals surface area contributed by atoms with Crippen molar-refractivity contribution in [1.82, 2.24) is 4.90 Å². The zero-order valence-corrected chi connectivity index (χ0v) is 24.4. The van der Waals surface area contributed by atoms with Gasteiger partial charge in [-0.15, -0.1) is 0 Å². The zero-order chi connectivity index (χ0) is 31.5. The highest BCUT2D eigenvalue weighted by Crippen LogP contribution is 2.54. The van der Waals surface area contributed by atoms with Gasteiger partial charge < -0.3 is 35.8 Å². The number of likely N-dealkylation sites (N-methyl/N-ethyl adjacent to an activating group) is 1. The van der Waals surface area contributed by atoms with Crippen molar-refractivity contribution in [1.29, 1.82) is 0 Å². The molecule has 0 radical (unpaired) electrons. The molecular formula is C32H33N3O8. The van der Waals surface area contributed by atoms with Gasteiger partial charge in [0.2, 0.25) is 5.78 Å². The van der Waals surface area contributed by atoms with Crippen LogP contribution >= 0.6 is 0 Å². The Balaban J connectivity index is 1.71. The summed E-state index contributed by atoms with van der Waals surface area (Å²) in [6.45, 7) is 0. The normalized spacial score (nSPS) is 24.6. The van der Waals surface area contributed by atoms with Crippen molar-refractivity contribution in [2.24, 2.45) is 17.6 Å². The summed E-state index contributed by atoms with van der Waals surface area (Å²) in [5, 5.41) is 45.9. The minimum atomic E-state index is -2.70. The van der Waals surface area contributed by atoms with Crippen molar-refractivity contribution in [3.8, 4) is 23.3 Å². The fourth-order valence-electron chi connectivity index (χ4n) is 6.63. The van der Waals surface area contributed by atoms with Crippen LogP contribution < -0.4 is 15.4 Å². The number of phenols is 1. The number of rotatable bonds is 4. The first-order valence-electron chi connectivity index (χ1n) is 13.6. The molecular weight excluding hydrogens is 554 g/mol. The number of ketones is 2. The Morgan fingerprint density at radius 3 is 2.40 bits per heavy atom. The number of methoxy groups -OCH3 is 1. The SMILES string of the molecule is COc1cccc(C#Cc2cc(N(C)C)c3c(c2O)C(O)=C2C(=O)C4(O)C(O)=C(C(N)=O)C(=O)C(N(C)C)C4CC2C3)c1. The molecule has 43 heavy (non-hydrogen) atoms. The Hall–Kier alpha value is -4.79. The van der Waals surface area contributed by atoms with Crippen molar-refractivity contribution in [2.75, 3.05) is 40.2 Å². The molecule has 11 heteroatoms. The second kappa shape index (κ2) is 10.5. The van der Waals surface area contributed by atoms with Gasteiger partial charge in [-0.2, -0.15) is 0 Å². The summed E-state index contributed by atoms with van der Waals surface area (Å²) in [6, 6.07) is 7.60. The van der Waals surface area contributed by atoms with Crippen molar-refractivity contribution in [2.45, 2.75) is 24.5 Å². The standard InChI is InChI=1S/C32H33N3O8/c1-34(2)21-14-16(10-9-15-7-6-8-18(11-15)43-5)26(36)23-19(21)12-17-13-20-25(35(3)4)28(38)24(31(33)41)30(40)32(20,42)29(39)22(17)27(23)37/h6-8,11,14,17,20,25,36-37,40,42H,12-13H2,1-5H3,(H2,33,41). The van der Waals surface area contributed by atoms with Gasteiger partial charge in [-0.05, 0) is 62.7 Å². The molecule has 1 fully saturated rings. The number of aliphatic hydroxyl groups is 3. The van der Waals surface area contributed by atoms with Gasteiger partial charge in [-0.25, -0.2) is 0 Å². The highest BCUT2D eigenvalue weighted by atomic mass is 16.5. The van der Waals surface area contributed by atoms with Crippen molar-refractivity contribution in [3.05, 3.63) is 69.5 Å². The lowest BCUT2D eigenvalue weighted by Gasteiger charge is -2.50. The number of benzene rings is 2. The molecule has 4 unspecified atom stereocenters. The van der Waals surface area contributed by atoms with Gasteiger partial charge in [0.05, 0.1) is 24.3 Å². The number of nitrogens with zero attached hydrogens (tertiary/aromatic N) is 2. The van der Waals surface area contributed by atoms with E-state index in [-0.39, 0.29) is 35.3 Å². The molecule has 0 aromatic heterocycles. The highest BCUT2D eigenvalue weighted by Gasteiger charge is 2.64. The van der Waals surface area contributed by atoms with E-state index in [4.69, 9.17) is 10.5 Å². The molecule has 224 valence electrons. The minimum Gasteiger partial charge on any atom is -0.508 e. The molecule has 0 heterocycles. The number of amides is 1. The van der Waals surface area contributed by atoms with E-state index >= 15 is 0 Å². The van der Waals surface area contributed by atoms with E-state index in [9.17, 15) is 34.8 Å². The fourth-order valence-corrected chi connectivity index (χ4v) is 6.63. The van der Waals surface area contributed by atoms with Crippen LogP contribution in [0, 0.1) is 23.7 Å². The topological polar surface area (TPSA) is 174 Å². The fraction of sp³-hybridized carbons (Fsp3) is 0.344. The maximum Gasteiger partial charge on any atom is 0.255 e. The molecule has 0 bridgehead atoms. The highest BCUT2D eigenvalue weighted by molar-refractivity contribution is 6.24. The largest absolute Gasteiger partial charge is 0.508 e. The number of hydrogen-bond acceptors (Lipinski definition) is 10. The zero-order valence-electron chi connectivity index (χ0n) is 24.4. The second-order valence-corrected chi connectivity index (χ2v) is 11.5. The summed E-state index contributed by atoms with van der Waals surface area (Å²) in [7, 11) is 8.25. The van der Waals surface area contributed by atoms with Gasteiger partial charge in [0.15, 0.2) is 11.4 Å². The maximum atomic E-state index is 14.1. The molecule has 11 nitrogen and oxygen atoms in total. The number of anilines is 1. The van der Waals surface area contributed by atoms with Gasteiger partial charge in [0, 0.05) is 36.8 Å². The Morgan fingerprint density at radius 2 is 1.79 bits per heavy atom. The number of Topliss-reactive ketones (excluding diaryl/α,β-unsaturated/α-hetero) is 2. The molecule has 6 N–H and O–H groups in total. The van der Waals surface area contributed by atoms with Crippen molar-refractivity contribution < 1.29 is 39.5 Å². The number of carbonyl (C=O) groups excluding carboxylic acids is 3. The Morgan fingerprint density at radius 1 is 1.09 bits per heavy atom. The average molecular weight is 588 g/mol. The van der Waals surface area contributed by atoms with Crippen LogP contribution in [0.4, 0.5) is 5.69 Å². The van der Waals surface area contributed by atoms with Gasteiger partial charge in [-0.3, -0.25) is 19.3 Å². The average Bonchev–Trinajstić information content (AvgIpc) is 2.94. The van der Waals surface area contributed by atoms with Crippen LogP contribution in [0.5, 0.6) is 11.5 Å². The molecule has 0 spiro atoms. The van der Waals surface area contributed by atoms with Crippen LogP contribution in [0.25, 0.3) is 5.76 Å². The van der Waals surface area contributed by atoms with Gasteiger partial charge in [-0.1, -0.05) is 17.9 Å². The number of ether oxygens (including phenoxy) is 1. The van der Waals surface area contributed by atoms with Crippen LogP contribution in [0.15, 0.2) is 47.2 Å². The first kappa shape index (κ1) is 29.7. The van der Waals surface area contributed by atoms with E-state index in [0.29, 0.717) is 22.6 Å². The predicted molar refractivity (Wildman–Crippen MR) is 158 cm³/mol. The lowest BCUT2D eigenvalue weighted by molar-refractivity contribution is -0.153. The third kappa shape index (κ3) is 4.42. The number of aliphatic hydroxyl groups excluding tert-OH is 2. The minimum absolute atomic E-state index is 0.0107. The first-order chi connectivity index (χ1) is 20.2. The quantitative estimate of drug-likeness (QED) is 0.260. The third-order valence-corrected chi connectivity index (χ3v) is 8.59. The summed E-state index contributed by atoms with van der Waals surface area (Å²) < 4.78 is 5.25. The van der Waals surface area contributed by atoms with E-state index < -0.39 is 58.0 Å². The van der Waals surface area contributed by atoms with E-state index in [1.54, 1.807) is 63.4 Å². The van der Waals surface area contributed by atoms with Crippen LogP contribution in [0.3, 0.4) is 0 Å². The monoisotopic (exact) mass is 587 g/mol. The number of phenolic OH excluding ortho intramolecular Hbond substituents is 1. The lowest BCUT2D eigenvalue weighted by atomic mass is 9.57. The molecule has 1 saturated carbocycles. The van der Waals surface area contributed by atoms with Crippen LogP contribution in [0.2, 0.25) is 0 Å². The van der Waals surface area contributed by atoms with Crippen molar-refractivity contribution in [3.63, 3.8) is 0 Å². The number of aromatic hydroxyl groups is 1. The van der Waals surface area contributed by atoms with Crippen LogP contribution in [-0.4, -0.2) is 89.7 Å². The Bertz CT molecular complexity index is 1710. The number of nitrogens with two attached hydrogens (primary N) is 1. The molecule has 1 amide bonds. The summed E-state index contributed by atoms with van der Waals surface area (Å²) in [6.07, 6.45) is 0.190. The summed E-state index contributed by atoms with van der Waals surface area (Å²) in [4.78, 5) is 42.8. The molecule has 2 aromatic carbocycles. The second-order valence-electron chi connectivity index (χ2n) is 11.5. The van der Waals surface area contributed by atoms with Crippen molar-refractivity contribution >= 4 is 28.9 Å². The number of fused-ring (bicyclic) bond motifs is 3. The van der Waals surface area contributed by atoms with Crippen LogP contribution in [0.1, 0.15) is 28.7 Å². The smallest absolute Gasteiger partial charge is 0.255 e. The lowest BCUT2D eigenvalue weighted by Crippen LogP contribution is -2.65. The van der Waals surface area contributed by atoms with Crippen LogP contribution in [-0.2, 0) is 20.8 Å². The predicted octanol–water partition coefficient (Wildman–Crippen LogP) is 1.44. The number of hydrogen-bond donors (Lipinski definition) is 5. The van der Waals surface area contributed by atoms with Gasteiger partial charge in [0.1, 0.15) is 28.6 Å². The maximum absolute atomic E-state index is 14.1. The van der Waals surface area contributed by atoms with E-state index in [0.717, 1.165) is 0 Å².